The van der Waals surface area contributed by atoms with Gasteiger partial charge in [0.25, 0.3) is 0 Å². The average Bonchev–Trinajstić information content (AvgIpc) is 3.85. The van der Waals surface area contributed by atoms with Crippen molar-refractivity contribution in [2.45, 2.75) is 197 Å². The number of halogens is 1. The van der Waals surface area contributed by atoms with E-state index in [1.807, 2.05) is 68.9 Å². The number of aromatic nitrogens is 3. The summed E-state index contributed by atoms with van der Waals surface area (Å²) < 4.78 is 60.1. The SMILES string of the molecule is CC[C@H]1OC(=O)[C@H](C)C([C@H]2C[C@@](C)(OC)[C@@H](O)[C@H](C)O2)[C@H](C)[C@@H](O[C@@H]2O[C@H](C)C[C@H](N(C)CCc3cn([C@H](CF)[C@H](OC)c4ccc(N5CCOCC5)cc4)nn3)[C@H]2O)[C@](C)(O)C[C@@H](C)CN(C)[C@H](C)[C@@H](O)[C@]1(C)O. The molecule has 1 aromatic heterocycles. The lowest BCUT2D eigenvalue weighted by atomic mass is 9.68. The Morgan fingerprint density at radius 3 is 2.24 bits per heavy atom. The number of benzene rings is 1. The molecule has 75 heavy (non-hydrogen) atoms. The standard InChI is InChI=1S/C55H93FN6O13/c1-15-44-55(10,68)48(64)36(6)60(12)30-32(2)27-53(8,67)50(34(4)45(35(5)51(66)74-44)43-28-54(9,70-14)49(65)37(7)73-43)75-52-46(63)41(26-33(3)72-52)59(11)21-20-39-31-62(58-57-39)42(29-56)47(69-13)38-16-18-40(19-17-38)61-22-24-71-25-23-61/h16-19,31-37,41-50,52,63-65,67-68H,15,20-30H2,1-14H3/t32-,33-,34+,35-,36-,37+,41+,42-,43-,44-,45?,46-,47-,48-,49+,50-,52+,53-,54-,55-/m1/s1. The Morgan fingerprint density at radius 2 is 1.63 bits per heavy atom. The average molecular weight is 1070 g/mol. The zero-order valence-electron chi connectivity index (χ0n) is 47.3. The van der Waals surface area contributed by atoms with E-state index in [0.29, 0.717) is 44.8 Å². The predicted molar refractivity (Wildman–Crippen MR) is 280 cm³/mol. The first-order valence-corrected chi connectivity index (χ1v) is 27.4. The summed E-state index contributed by atoms with van der Waals surface area (Å²) in [4.78, 5) is 20.9. The maximum Gasteiger partial charge on any atom is 0.309 e. The Morgan fingerprint density at radius 1 is 0.960 bits per heavy atom. The number of aliphatic hydroxyl groups is 5. The molecule has 4 aliphatic heterocycles. The number of carbonyl (C=O) groups is 1. The van der Waals surface area contributed by atoms with Crippen LogP contribution in [-0.4, -0.2) is 215 Å². The number of likely N-dealkylation sites (N-methyl/N-ethyl adjacent to an activating group) is 2. The van der Waals surface area contributed by atoms with Gasteiger partial charge < -0.3 is 73.4 Å². The van der Waals surface area contributed by atoms with Crippen molar-refractivity contribution in [1.29, 1.82) is 0 Å². The van der Waals surface area contributed by atoms with Crippen LogP contribution in [0, 0.1) is 23.7 Å². The van der Waals surface area contributed by atoms with Crippen LogP contribution in [0.3, 0.4) is 0 Å². The molecular weight excluding hydrogens is 972 g/mol. The Kier molecular flexibility index (Phi) is 21.1. The van der Waals surface area contributed by atoms with Crippen LogP contribution in [0.15, 0.2) is 30.5 Å². The Balaban J connectivity index is 1.26. The molecule has 4 aliphatic rings. The first-order chi connectivity index (χ1) is 35.3. The summed E-state index contributed by atoms with van der Waals surface area (Å²) in [7, 11) is 6.84. The zero-order chi connectivity index (χ0) is 55.3. The highest BCUT2D eigenvalue weighted by molar-refractivity contribution is 5.73. The topological polar surface area (TPSA) is 223 Å². The summed E-state index contributed by atoms with van der Waals surface area (Å²) >= 11 is 0. The largest absolute Gasteiger partial charge is 0.459 e. The third-order valence-electron chi connectivity index (χ3n) is 17.4. The quantitative estimate of drug-likeness (QED) is 0.158. The smallest absolute Gasteiger partial charge is 0.309 e. The van der Waals surface area contributed by atoms with Crippen LogP contribution in [0.2, 0.25) is 0 Å². The van der Waals surface area contributed by atoms with Crippen LogP contribution in [0.4, 0.5) is 10.1 Å². The lowest BCUT2D eigenvalue weighted by Gasteiger charge is -2.51. The molecule has 428 valence electrons. The number of nitrogens with zero attached hydrogens (tertiary/aromatic N) is 6. The number of cyclic esters (lactones) is 1. The van der Waals surface area contributed by atoms with E-state index in [4.69, 9.17) is 33.2 Å². The molecule has 0 spiro atoms. The van der Waals surface area contributed by atoms with E-state index >= 15 is 0 Å². The van der Waals surface area contributed by atoms with E-state index in [9.17, 15) is 34.7 Å². The summed E-state index contributed by atoms with van der Waals surface area (Å²) in [5.74, 6) is -3.24. The van der Waals surface area contributed by atoms with Crippen molar-refractivity contribution in [2.24, 2.45) is 23.7 Å². The maximum absolute atomic E-state index is 14.9. The molecule has 6 rings (SSSR count). The molecule has 4 fully saturated rings. The number of methoxy groups -OCH3 is 2. The molecule has 0 aliphatic carbocycles. The molecule has 1 aromatic carbocycles. The van der Waals surface area contributed by atoms with Crippen LogP contribution in [-0.2, 0) is 44.4 Å². The molecule has 19 nitrogen and oxygen atoms in total. The van der Waals surface area contributed by atoms with Gasteiger partial charge in [-0.05, 0) is 104 Å². The number of carbonyl (C=O) groups excluding carboxylic acids is 1. The summed E-state index contributed by atoms with van der Waals surface area (Å²) in [6, 6.07) is 6.15. The van der Waals surface area contributed by atoms with E-state index in [1.54, 1.807) is 54.8 Å². The number of morpholine rings is 1. The minimum atomic E-state index is -1.83. The van der Waals surface area contributed by atoms with Gasteiger partial charge in [-0.3, -0.25) is 4.79 Å². The molecule has 0 amide bonds. The normalized spacial score (nSPS) is 40.1. The number of hydrogen-bond acceptors (Lipinski definition) is 18. The second-order valence-corrected chi connectivity index (χ2v) is 23.3. The molecule has 20 atom stereocenters. The van der Waals surface area contributed by atoms with Gasteiger partial charge in [-0.1, -0.05) is 45.0 Å². The van der Waals surface area contributed by atoms with Crippen LogP contribution in [0.1, 0.15) is 118 Å². The lowest BCUT2D eigenvalue weighted by molar-refractivity contribution is -0.302. The number of rotatable bonds is 15. The molecule has 20 heteroatoms. The molecule has 0 saturated carbocycles. The molecular formula is C55H93FN6O13. The van der Waals surface area contributed by atoms with Gasteiger partial charge in [0.2, 0.25) is 0 Å². The van der Waals surface area contributed by atoms with Gasteiger partial charge >= 0.3 is 5.97 Å². The fraction of sp³-hybridized carbons (Fsp3) is 0.836. The second-order valence-electron chi connectivity index (χ2n) is 23.3. The number of anilines is 1. The summed E-state index contributed by atoms with van der Waals surface area (Å²) in [5.41, 5.74) is -2.00. The second kappa shape index (κ2) is 25.9. The minimum Gasteiger partial charge on any atom is -0.459 e. The monoisotopic (exact) mass is 1060 g/mol. The highest BCUT2D eigenvalue weighted by atomic mass is 19.1. The van der Waals surface area contributed by atoms with Crippen molar-refractivity contribution in [3.8, 4) is 0 Å². The number of esters is 1. The van der Waals surface area contributed by atoms with Crippen molar-refractivity contribution in [3.63, 3.8) is 0 Å². The van der Waals surface area contributed by atoms with Crippen LogP contribution in [0.5, 0.6) is 0 Å². The van der Waals surface area contributed by atoms with Gasteiger partial charge in [0.05, 0.1) is 60.4 Å². The fourth-order valence-electron chi connectivity index (χ4n) is 12.8. The molecule has 0 radical (unpaired) electrons. The zero-order valence-corrected chi connectivity index (χ0v) is 47.3. The van der Waals surface area contributed by atoms with Crippen LogP contribution in [0.25, 0.3) is 0 Å². The maximum atomic E-state index is 14.9. The summed E-state index contributed by atoms with van der Waals surface area (Å²) in [6.45, 7) is 20.9. The van der Waals surface area contributed by atoms with Crippen molar-refractivity contribution in [2.75, 3.05) is 79.3 Å². The Bertz CT molecular complexity index is 2080. The molecule has 5 heterocycles. The third-order valence-corrected chi connectivity index (χ3v) is 17.4. The van der Waals surface area contributed by atoms with Gasteiger partial charge in [-0.2, -0.15) is 0 Å². The molecule has 5 N–H and O–H groups in total. The molecule has 4 saturated heterocycles. The van der Waals surface area contributed by atoms with Gasteiger partial charge in [-0.15, -0.1) is 5.10 Å². The number of ether oxygens (including phenoxy) is 7. The molecule has 0 bridgehead atoms. The Hall–Kier alpha value is -2.96. The van der Waals surface area contributed by atoms with E-state index < -0.39 is 120 Å². The third kappa shape index (κ3) is 13.9. The van der Waals surface area contributed by atoms with Crippen molar-refractivity contribution in [1.82, 2.24) is 24.8 Å². The highest BCUT2D eigenvalue weighted by Crippen LogP contribution is 2.45. The predicted octanol–water partition coefficient (Wildman–Crippen LogP) is 4.11. The van der Waals surface area contributed by atoms with E-state index in [-0.39, 0.29) is 31.3 Å². The first-order valence-electron chi connectivity index (χ1n) is 27.4. The number of alkyl halides is 1. The first kappa shape index (κ1) is 61.3. The van der Waals surface area contributed by atoms with Gasteiger partial charge in [0.15, 0.2) is 6.29 Å². The van der Waals surface area contributed by atoms with Crippen LogP contribution < -0.4 is 4.90 Å². The van der Waals surface area contributed by atoms with E-state index in [0.717, 1.165) is 24.3 Å². The summed E-state index contributed by atoms with van der Waals surface area (Å²) in [5, 5.41) is 69.1. The van der Waals surface area contributed by atoms with Crippen molar-refractivity contribution in [3.05, 3.63) is 41.7 Å². The van der Waals surface area contributed by atoms with Gasteiger partial charge in [-0.25, -0.2) is 9.07 Å². The van der Waals surface area contributed by atoms with Gasteiger partial charge in [0.1, 0.15) is 48.8 Å². The molecule has 1 unspecified atom stereocenters. The Labute approximate surface area is 445 Å². The lowest BCUT2D eigenvalue weighted by Crippen LogP contribution is -2.62. The number of aliphatic hydroxyl groups excluding tert-OH is 3. The molecule has 2 aromatic rings. The van der Waals surface area contributed by atoms with Gasteiger partial charge in [0, 0.05) is 83.1 Å². The van der Waals surface area contributed by atoms with Crippen LogP contribution >= 0.6 is 0 Å². The van der Waals surface area contributed by atoms with Crippen molar-refractivity contribution >= 4 is 11.7 Å². The van der Waals surface area contributed by atoms with E-state index in [2.05, 4.69) is 15.2 Å². The fourth-order valence-corrected chi connectivity index (χ4v) is 12.8. The minimum absolute atomic E-state index is 0.175. The number of hydrogen-bond donors (Lipinski definition) is 5. The van der Waals surface area contributed by atoms with E-state index in [1.165, 1.54) is 18.7 Å². The van der Waals surface area contributed by atoms with Crippen molar-refractivity contribution < 1.29 is 67.9 Å². The summed E-state index contributed by atoms with van der Waals surface area (Å²) in [6.07, 6.45) is -6.14. The highest BCUT2D eigenvalue weighted by Gasteiger charge is 2.55.